The minimum Gasteiger partial charge on any atom is -0.399 e. The van der Waals surface area contributed by atoms with Gasteiger partial charge < -0.3 is 5.73 Å². The first-order valence-corrected chi connectivity index (χ1v) is 5.94. The second-order valence-corrected chi connectivity index (χ2v) is 5.18. The van der Waals surface area contributed by atoms with Crippen LogP contribution in [0.5, 0.6) is 0 Å². The average molecular weight is 249 g/mol. The predicted octanol–water partition coefficient (Wildman–Crippen LogP) is 1.13. The molecule has 1 aliphatic rings. The summed E-state index contributed by atoms with van der Waals surface area (Å²) in [7, 11) is -3.32. The number of benzene rings is 1. The molecule has 0 atom stereocenters. The average Bonchev–Trinajstić information content (AvgIpc) is 2.88. The number of nitrogen functional groups attached to an aromatic ring is 1. The summed E-state index contributed by atoms with van der Waals surface area (Å²) in [5, 5.41) is 0. The van der Waals surface area contributed by atoms with Crippen LogP contribution in [0.3, 0.4) is 0 Å². The van der Waals surface area contributed by atoms with Gasteiger partial charge in [-0.1, -0.05) is 0 Å². The van der Waals surface area contributed by atoms with E-state index in [2.05, 4.69) is 4.72 Å². The maximum atomic E-state index is 11.6. The smallest absolute Gasteiger partial charge is 0.240 e. The SMILES string of the molecule is Cl.Nc1ccc(S(=O)(=O)NC2CC2)cc1. The van der Waals surface area contributed by atoms with Crippen LogP contribution in [0.1, 0.15) is 12.8 Å². The largest absolute Gasteiger partial charge is 0.399 e. The number of nitrogens with one attached hydrogen (secondary N) is 1. The fourth-order valence-corrected chi connectivity index (χ4v) is 2.44. The van der Waals surface area contributed by atoms with Crippen molar-refractivity contribution in [1.82, 2.24) is 4.72 Å². The van der Waals surface area contributed by atoms with Gasteiger partial charge in [0.05, 0.1) is 4.90 Å². The molecular weight excluding hydrogens is 236 g/mol. The highest BCUT2D eigenvalue weighted by atomic mass is 35.5. The van der Waals surface area contributed by atoms with Gasteiger partial charge in [0.15, 0.2) is 0 Å². The zero-order valence-electron chi connectivity index (χ0n) is 8.01. The molecule has 2 rings (SSSR count). The van der Waals surface area contributed by atoms with Gasteiger partial charge in [-0.05, 0) is 37.1 Å². The quantitative estimate of drug-likeness (QED) is 0.788. The van der Waals surface area contributed by atoms with Crippen molar-refractivity contribution < 1.29 is 8.42 Å². The van der Waals surface area contributed by atoms with E-state index >= 15 is 0 Å². The Kier molecular flexibility index (Phi) is 3.59. The molecule has 1 fully saturated rings. The zero-order chi connectivity index (χ0) is 10.2. The van der Waals surface area contributed by atoms with Gasteiger partial charge in [0.2, 0.25) is 10.0 Å². The topological polar surface area (TPSA) is 72.2 Å². The van der Waals surface area contributed by atoms with Gasteiger partial charge >= 0.3 is 0 Å². The van der Waals surface area contributed by atoms with Gasteiger partial charge in [0.1, 0.15) is 0 Å². The van der Waals surface area contributed by atoms with Gasteiger partial charge in [-0.15, -0.1) is 12.4 Å². The molecule has 1 aliphatic carbocycles. The summed E-state index contributed by atoms with van der Waals surface area (Å²) < 4.78 is 25.9. The summed E-state index contributed by atoms with van der Waals surface area (Å²) in [6.07, 6.45) is 1.88. The first-order chi connectivity index (χ1) is 6.58. The fourth-order valence-electron chi connectivity index (χ4n) is 1.14. The van der Waals surface area contributed by atoms with Gasteiger partial charge in [-0.2, -0.15) is 0 Å². The first-order valence-electron chi connectivity index (χ1n) is 4.46. The van der Waals surface area contributed by atoms with Gasteiger partial charge in [0.25, 0.3) is 0 Å². The standard InChI is InChI=1S/C9H12N2O2S.ClH/c10-7-1-5-9(6-2-7)14(12,13)11-8-3-4-8;/h1-2,5-6,8,11H,3-4,10H2;1H. The number of sulfonamides is 1. The molecule has 1 aromatic carbocycles. The van der Waals surface area contributed by atoms with E-state index in [1.54, 1.807) is 12.1 Å². The number of hydrogen-bond donors (Lipinski definition) is 2. The number of rotatable bonds is 3. The fraction of sp³-hybridized carbons (Fsp3) is 0.333. The molecule has 0 radical (unpaired) electrons. The Morgan fingerprint density at radius 1 is 1.20 bits per heavy atom. The number of nitrogens with two attached hydrogens (primary N) is 1. The number of halogens is 1. The molecule has 6 heteroatoms. The maximum Gasteiger partial charge on any atom is 0.240 e. The van der Waals surface area contributed by atoms with Crippen LogP contribution in [-0.2, 0) is 10.0 Å². The summed E-state index contributed by atoms with van der Waals surface area (Å²) in [4.78, 5) is 0.276. The van der Waals surface area contributed by atoms with Crippen LogP contribution in [0.2, 0.25) is 0 Å². The highest BCUT2D eigenvalue weighted by Crippen LogP contribution is 2.22. The summed E-state index contributed by atoms with van der Waals surface area (Å²) in [5.74, 6) is 0. The van der Waals surface area contributed by atoms with Crippen LogP contribution in [0.15, 0.2) is 29.2 Å². The highest BCUT2D eigenvalue weighted by molar-refractivity contribution is 7.89. The van der Waals surface area contributed by atoms with Crippen LogP contribution < -0.4 is 10.5 Å². The molecule has 0 unspecified atom stereocenters. The van der Waals surface area contributed by atoms with Crippen molar-refractivity contribution in [3.05, 3.63) is 24.3 Å². The molecule has 15 heavy (non-hydrogen) atoms. The number of hydrogen-bond acceptors (Lipinski definition) is 3. The molecule has 0 bridgehead atoms. The van der Waals surface area contributed by atoms with E-state index in [1.165, 1.54) is 12.1 Å². The molecule has 84 valence electrons. The Morgan fingerprint density at radius 2 is 1.73 bits per heavy atom. The minimum atomic E-state index is -3.32. The van der Waals surface area contributed by atoms with E-state index in [4.69, 9.17) is 5.73 Å². The third-order valence-electron chi connectivity index (χ3n) is 2.09. The lowest BCUT2D eigenvalue weighted by Gasteiger charge is -2.04. The Hall–Kier alpha value is -0.780. The summed E-state index contributed by atoms with van der Waals surface area (Å²) in [5.41, 5.74) is 6.03. The van der Waals surface area contributed by atoms with Gasteiger partial charge in [-0.25, -0.2) is 13.1 Å². The second kappa shape index (κ2) is 4.38. The van der Waals surface area contributed by atoms with E-state index < -0.39 is 10.0 Å². The zero-order valence-corrected chi connectivity index (χ0v) is 9.64. The molecule has 1 saturated carbocycles. The molecule has 1 aromatic rings. The van der Waals surface area contributed by atoms with Gasteiger partial charge in [-0.3, -0.25) is 0 Å². The predicted molar refractivity (Wildman–Crippen MR) is 61.4 cm³/mol. The summed E-state index contributed by atoms with van der Waals surface area (Å²) >= 11 is 0. The van der Waals surface area contributed by atoms with E-state index in [0.717, 1.165) is 12.8 Å². The lowest BCUT2D eigenvalue weighted by molar-refractivity contribution is 0.581. The molecule has 0 heterocycles. The third-order valence-corrected chi connectivity index (χ3v) is 3.63. The van der Waals surface area contributed by atoms with Crippen LogP contribution in [-0.4, -0.2) is 14.5 Å². The lowest BCUT2D eigenvalue weighted by Crippen LogP contribution is -2.25. The van der Waals surface area contributed by atoms with Crippen molar-refractivity contribution in [3.63, 3.8) is 0 Å². The number of anilines is 1. The Morgan fingerprint density at radius 3 is 2.20 bits per heavy atom. The Bertz CT molecular complexity index is 426. The molecule has 0 aromatic heterocycles. The van der Waals surface area contributed by atoms with Crippen molar-refractivity contribution in [2.75, 3.05) is 5.73 Å². The van der Waals surface area contributed by atoms with Crippen LogP contribution >= 0.6 is 12.4 Å². The van der Waals surface area contributed by atoms with Crippen LogP contribution in [0.4, 0.5) is 5.69 Å². The van der Waals surface area contributed by atoms with Crippen molar-refractivity contribution >= 4 is 28.1 Å². The van der Waals surface area contributed by atoms with Crippen LogP contribution in [0.25, 0.3) is 0 Å². The van der Waals surface area contributed by atoms with Crippen molar-refractivity contribution in [2.24, 2.45) is 0 Å². The summed E-state index contributed by atoms with van der Waals surface area (Å²) in [6, 6.07) is 6.33. The summed E-state index contributed by atoms with van der Waals surface area (Å²) in [6.45, 7) is 0. The Labute approximate surface area is 95.3 Å². The highest BCUT2D eigenvalue weighted by Gasteiger charge is 2.27. The lowest BCUT2D eigenvalue weighted by atomic mass is 10.3. The van der Waals surface area contributed by atoms with Crippen molar-refractivity contribution in [1.29, 1.82) is 0 Å². The molecular formula is C9H13ClN2O2S. The minimum absolute atomic E-state index is 0. The van der Waals surface area contributed by atoms with E-state index in [0.29, 0.717) is 5.69 Å². The van der Waals surface area contributed by atoms with Gasteiger partial charge in [0, 0.05) is 11.7 Å². The van der Waals surface area contributed by atoms with E-state index in [9.17, 15) is 8.42 Å². The van der Waals surface area contributed by atoms with Crippen LogP contribution in [0, 0.1) is 0 Å². The van der Waals surface area contributed by atoms with Crippen molar-refractivity contribution in [2.45, 2.75) is 23.8 Å². The molecule has 0 aliphatic heterocycles. The second-order valence-electron chi connectivity index (χ2n) is 3.46. The molecule has 3 N–H and O–H groups in total. The molecule has 0 saturated heterocycles. The maximum absolute atomic E-state index is 11.6. The normalized spacial score (nSPS) is 15.7. The monoisotopic (exact) mass is 248 g/mol. The molecule has 0 amide bonds. The molecule has 4 nitrogen and oxygen atoms in total. The Balaban J connectivity index is 0.00000112. The van der Waals surface area contributed by atoms with E-state index in [-0.39, 0.29) is 23.3 Å². The van der Waals surface area contributed by atoms with E-state index in [1.807, 2.05) is 0 Å². The van der Waals surface area contributed by atoms with Crippen molar-refractivity contribution in [3.8, 4) is 0 Å². The third kappa shape index (κ3) is 3.09. The molecule has 0 spiro atoms. The first kappa shape index (κ1) is 12.3.